The number of benzene rings is 1. The van der Waals surface area contributed by atoms with E-state index in [2.05, 4.69) is 21.0 Å². The van der Waals surface area contributed by atoms with Crippen LogP contribution in [0.1, 0.15) is 18.3 Å². The number of aliphatic hydroxyl groups is 1. The second-order valence-corrected chi connectivity index (χ2v) is 5.17. The van der Waals surface area contributed by atoms with E-state index in [9.17, 15) is 5.11 Å². The van der Waals surface area contributed by atoms with Gasteiger partial charge in [-0.3, -0.25) is 0 Å². The summed E-state index contributed by atoms with van der Waals surface area (Å²) in [5.41, 5.74) is 1.93. The number of halogens is 1. The molecule has 0 radical (unpaired) electrons. The third-order valence-electron chi connectivity index (χ3n) is 3.55. The molecule has 1 N–H and O–H groups in total. The van der Waals surface area contributed by atoms with Crippen molar-refractivity contribution in [3.63, 3.8) is 0 Å². The zero-order chi connectivity index (χ0) is 14.1. The molecular weight excluding hydrogens is 274 g/mol. The number of rotatable bonds is 4. The number of imidazole rings is 1. The Morgan fingerprint density at radius 3 is 2.90 bits per heavy atom. The van der Waals surface area contributed by atoms with E-state index in [4.69, 9.17) is 11.6 Å². The second-order valence-electron chi connectivity index (χ2n) is 4.73. The lowest BCUT2D eigenvalue weighted by atomic mass is 10.2. The first-order chi connectivity index (χ1) is 9.72. The highest BCUT2D eigenvalue weighted by Gasteiger charge is 2.10. The van der Waals surface area contributed by atoms with Gasteiger partial charge in [0.25, 0.3) is 0 Å². The lowest BCUT2D eigenvalue weighted by Crippen LogP contribution is -2.06. The van der Waals surface area contributed by atoms with E-state index in [0.29, 0.717) is 11.6 Å². The van der Waals surface area contributed by atoms with E-state index in [0.717, 1.165) is 28.8 Å². The first-order valence-electron chi connectivity index (χ1n) is 6.61. The smallest absolute Gasteiger partial charge is 0.128 e. The highest BCUT2D eigenvalue weighted by molar-refractivity contribution is 6.31. The van der Waals surface area contributed by atoms with E-state index in [1.54, 1.807) is 0 Å². The molecule has 4 nitrogen and oxygen atoms in total. The Labute approximate surface area is 122 Å². The van der Waals surface area contributed by atoms with Crippen LogP contribution in [0.15, 0.2) is 36.8 Å². The summed E-state index contributed by atoms with van der Waals surface area (Å²) in [5, 5.41) is 11.2. The molecule has 0 aliphatic rings. The van der Waals surface area contributed by atoms with Crippen molar-refractivity contribution < 1.29 is 5.11 Å². The SMILES string of the molecule is CCn1ccnc1Cn1cc(CO)c2ccc(Cl)cc21. The van der Waals surface area contributed by atoms with Crippen LogP contribution in [-0.2, 0) is 19.7 Å². The molecule has 1 aromatic carbocycles. The van der Waals surface area contributed by atoms with E-state index in [1.807, 2.05) is 36.8 Å². The Balaban J connectivity index is 2.09. The van der Waals surface area contributed by atoms with Gasteiger partial charge in [-0.15, -0.1) is 0 Å². The van der Waals surface area contributed by atoms with Gasteiger partial charge >= 0.3 is 0 Å². The molecule has 0 bridgehead atoms. The molecule has 0 fully saturated rings. The summed E-state index contributed by atoms with van der Waals surface area (Å²) in [6, 6.07) is 5.72. The maximum atomic E-state index is 9.48. The molecule has 5 heteroatoms. The Morgan fingerprint density at radius 1 is 1.30 bits per heavy atom. The summed E-state index contributed by atoms with van der Waals surface area (Å²) in [7, 11) is 0. The third kappa shape index (κ3) is 2.21. The van der Waals surface area contributed by atoms with E-state index >= 15 is 0 Å². The van der Waals surface area contributed by atoms with Crippen LogP contribution in [0.25, 0.3) is 10.9 Å². The molecule has 0 aliphatic carbocycles. The van der Waals surface area contributed by atoms with Crippen LogP contribution < -0.4 is 0 Å². The number of aliphatic hydroxyl groups excluding tert-OH is 1. The monoisotopic (exact) mass is 289 g/mol. The summed E-state index contributed by atoms with van der Waals surface area (Å²) in [6.45, 7) is 3.67. The number of aryl methyl sites for hydroxylation is 1. The molecule has 2 aromatic heterocycles. The van der Waals surface area contributed by atoms with Crippen LogP contribution in [0, 0.1) is 0 Å². The van der Waals surface area contributed by atoms with Crippen molar-refractivity contribution in [1.29, 1.82) is 0 Å². The number of fused-ring (bicyclic) bond motifs is 1. The minimum Gasteiger partial charge on any atom is -0.392 e. The molecular formula is C15H16ClN3O. The van der Waals surface area contributed by atoms with Crippen molar-refractivity contribution in [3.8, 4) is 0 Å². The zero-order valence-electron chi connectivity index (χ0n) is 11.3. The van der Waals surface area contributed by atoms with Crippen molar-refractivity contribution in [2.24, 2.45) is 0 Å². The predicted molar refractivity (Wildman–Crippen MR) is 79.9 cm³/mol. The Bertz CT molecular complexity index is 745. The standard InChI is InChI=1S/C15H16ClN3O/c1-2-18-6-5-17-15(18)9-19-8-11(10-20)13-4-3-12(16)7-14(13)19/h3-8,20H,2,9-10H2,1H3. The average molecular weight is 290 g/mol. The molecule has 3 rings (SSSR count). The van der Waals surface area contributed by atoms with Gasteiger partial charge in [-0.25, -0.2) is 4.98 Å². The molecule has 0 amide bonds. The second kappa shape index (κ2) is 5.31. The highest BCUT2D eigenvalue weighted by Crippen LogP contribution is 2.25. The van der Waals surface area contributed by atoms with Gasteiger partial charge in [0, 0.05) is 41.1 Å². The first-order valence-corrected chi connectivity index (χ1v) is 6.99. The minimum absolute atomic E-state index is 0.0212. The van der Waals surface area contributed by atoms with Gasteiger partial charge in [-0.05, 0) is 19.1 Å². The van der Waals surface area contributed by atoms with Crippen LogP contribution in [0.3, 0.4) is 0 Å². The highest BCUT2D eigenvalue weighted by atomic mass is 35.5. The number of nitrogens with zero attached hydrogens (tertiary/aromatic N) is 3. The van der Waals surface area contributed by atoms with E-state index in [-0.39, 0.29) is 6.61 Å². The van der Waals surface area contributed by atoms with Crippen molar-refractivity contribution in [2.75, 3.05) is 0 Å². The van der Waals surface area contributed by atoms with Crippen LogP contribution in [-0.4, -0.2) is 19.2 Å². The summed E-state index contributed by atoms with van der Waals surface area (Å²) in [4.78, 5) is 4.39. The first kappa shape index (κ1) is 13.2. The quantitative estimate of drug-likeness (QED) is 0.802. The van der Waals surface area contributed by atoms with Crippen molar-refractivity contribution in [1.82, 2.24) is 14.1 Å². The van der Waals surface area contributed by atoms with Gasteiger partial charge in [0.1, 0.15) is 5.82 Å². The van der Waals surface area contributed by atoms with E-state index in [1.165, 1.54) is 0 Å². The topological polar surface area (TPSA) is 43.0 Å². The number of hydrogen-bond donors (Lipinski definition) is 1. The fourth-order valence-electron chi connectivity index (χ4n) is 2.53. The fourth-order valence-corrected chi connectivity index (χ4v) is 2.70. The maximum Gasteiger partial charge on any atom is 0.128 e. The molecule has 2 heterocycles. The molecule has 104 valence electrons. The Morgan fingerprint density at radius 2 is 2.15 bits per heavy atom. The Hall–Kier alpha value is -1.78. The van der Waals surface area contributed by atoms with Gasteiger partial charge in [0.2, 0.25) is 0 Å². The van der Waals surface area contributed by atoms with Gasteiger partial charge < -0.3 is 14.2 Å². The van der Waals surface area contributed by atoms with Crippen molar-refractivity contribution in [2.45, 2.75) is 26.6 Å². The van der Waals surface area contributed by atoms with Crippen LogP contribution >= 0.6 is 11.6 Å². The van der Waals surface area contributed by atoms with Crippen LogP contribution in [0.2, 0.25) is 5.02 Å². The average Bonchev–Trinajstić information content (AvgIpc) is 3.03. The number of aromatic nitrogens is 3. The van der Waals surface area contributed by atoms with Gasteiger partial charge in [0.05, 0.1) is 18.7 Å². The molecule has 0 unspecified atom stereocenters. The van der Waals surface area contributed by atoms with Gasteiger partial charge in [-0.2, -0.15) is 0 Å². The summed E-state index contributed by atoms with van der Waals surface area (Å²) in [5.74, 6) is 0.994. The lowest BCUT2D eigenvalue weighted by Gasteiger charge is -2.07. The van der Waals surface area contributed by atoms with E-state index < -0.39 is 0 Å². The lowest BCUT2D eigenvalue weighted by molar-refractivity contribution is 0.283. The molecule has 3 aromatic rings. The van der Waals surface area contributed by atoms with Gasteiger partial charge in [0.15, 0.2) is 0 Å². The molecule has 20 heavy (non-hydrogen) atoms. The largest absolute Gasteiger partial charge is 0.392 e. The molecule has 0 aliphatic heterocycles. The maximum absolute atomic E-state index is 9.48. The Kier molecular flexibility index (Phi) is 3.51. The van der Waals surface area contributed by atoms with Gasteiger partial charge in [-0.1, -0.05) is 17.7 Å². The summed E-state index contributed by atoms with van der Waals surface area (Å²) in [6.07, 6.45) is 5.75. The predicted octanol–water partition coefficient (Wildman–Crippen LogP) is 3.05. The molecule has 0 spiro atoms. The minimum atomic E-state index is 0.0212. The van der Waals surface area contributed by atoms with Crippen molar-refractivity contribution >= 4 is 22.5 Å². The van der Waals surface area contributed by atoms with Crippen LogP contribution in [0.4, 0.5) is 0 Å². The zero-order valence-corrected chi connectivity index (χ0v) is 12.0. The molecule has 0 saturated heterocycles. The molecule has 0 atom stereocenters. The number of hydrogen-bond acceptors (Lipinski definition) is 2. The summed E-state index contributed by atoms with van der Waals surface area (Å²) < 4.78 is 4.19. The van der Waals surface area contributed by atoms with Crippen LogP contribution in [0.5, 0.6) is 0 Å². The van der Waals surface area contributed by atoms with Crippen molar-refractivity contribution in [3.05, 3.63) is 53.2 Å². The third-order valence-corrected chi connectivity index (χ3v) is 3.79. The summed E-state index contributed by atoms with van der Waals surface area (Å²) >= 11 is 6.09. The normalized spacial score (nSPS) is 11.3. The molecule has 0 saturated carbocycles. The fraction of sp³-hybridized carbons (Fsp3) is 0.267.